The molecule has 1 saturated heterocycles. The second-order valence-corrected chi connectivity index (χ2v) is 8.01. The number of benzene rings is 1. The molecule has 3 amide bonds. The molecular formula is C21H30N4O6. The summed E-state index contributed by atoms with van der Waals surface area (Å²) in [5.74, 6) is -2.63. The van der Waals surface area contributed by atoms with Gasteiger partial charge in [-0.05, 0) is 36.5 Å². The topological polar surface area (TPSA) is 148 Å². The average molecular weight is 434 g/mol. The number of carbonyl (C=O) groups is 4. The molecule has 5 N–H and O–H groups in total. The van der Waals surface area contributed by atoms with Gasteiger partial charge in [-0.25, -0.2) is 5.43 Å². The highest BCUT2D eigenvalue weighted by Crippen LogP contribution is 2.15. The largest absolute Gasteiger partial charge is 0.508 e. The summed E-state index contributed by atoms with van der Waals surface area (Å²) < 4.78 is 0. The van der Waals surface area contributed by atoms with Crippen LogP contribution in [0.25, 0.3) is 0 Å². The lowest BCUT2D eigenvalue weighted by Crippen LogP contribution is -2.61. The van der Waals surface area contributed by atoms with Crippen molar-refractivity contribution in [3.8, 4) is 5.75 Å². The molecule has 0 aliphatic carbocycles. The van der Waals surface area contributed by atoms with Crippen LogP contribution in [-0.2, 0) is 25.6 Å². The summed E-state index contributed by atoms with van der Waals surface area (Å²) in [6, 6.07) is 3.57. The number of aliphatic carboxylic acids is 1. The van der Waals surface area contributed by atoms with Crippen molar-refractivity contribution in [3.63, 3.8) is 0 Å². The maximum absolute atomic E-state index is 13.2. The monoisotopic (exact) mass is 434 g/mol. The first kappa shape index (κ1) is 24.1. The summed E-state index contributed by atoms with van der Waals surface area (Å²) in [6.45, 7) is 5.15. The maximum atomic E-state index is 13.2. The Morgan fingerprint density at radius 1 is 1.23 bits per heavy atom. The van der Waals surface area contributed by atoms with Gasteiger partial charge in [0.05, 0.1) is 0 Å². The van der Waals surface area contributed by atoms with Gasteiger partial charge in [0, 0.05) is 19.9 Å². The Labute approximate surface area is 181 Å². The third kappa shape index (κ3) is 6.95. The number of carboxylic acid groups (broad SMARTS) is 1. The van der Waals surface area contributed by atoms with Crippen molar-refractivity contribution in [1.82, 2.24) is 21.1 Å². The number of hydrogen-bond donors (Lipinski definition) is 5. The molecule has 31 heavy (non-hydrogen) atoms. The van der Waals surface area contributed by atoms with Crippen LogP contribution in [0.4, 0.5) is 0 Å². The number of carbonyl (C=O) groups excluding carboxylic acids is 3. The summed E-state index contributed by atoms with van der Waals surface area (Å²) in [5.41, 5.74) is 3.32. The molecule has 10 nitrogen and oxygen atoms in total. The maximum Gasteiger partial charge on any atom is 0.322 e. The van der Waals surface area contributed by atoms with E-state index in [0.29, 0.717) is 24.9 Å². The van der Waals surface area contributed by atoms with Crippen LogP contribution >= 0.6 is 0 Å². The van der Waals surface area contributed by atoms with E-state index < -0.39 is 35.9 Å². The van der Waals surface area contributed by atoms with Crippen LogP contribution in [0, 0.1) is 5.92 Å². The van der Waals surface area contributed by atoms with Crippen molar-refractivity contribution in [1.29, 1.82) is 0 Å². The molecule has 0 aromatic heterocycles. The molecule has 1 aliphatic heterocycles. The molecule has 1 aromatic rings. The second kappa shape index (κ2) is 10.8. The van der Waals surface area contributed by atoms with Gasteiger partial charge in [-0.15, -0.1) is 0 Å². The van der Waals surface area contributed by atoms with Crippen molar-refractivity contribution < 1.29 is 29.4 Å². The van der Waals surface area contributed by atoms with Gasteiger partial charge in [0.1, 0.15) is 23.9 Å². The van der Waals surface area contributed by atoms with Crippen LogP contribution in [-0.4, -0.2) is 63.6 Å². The number of hydrazine groups is 1. The number of phenolic OH excluding ortho intramolecular Hbond substituents is 1. The molecule has 2 rings (SSSR count). The number of hydrogen-bond acceptors (Lipinski definition) is 6. The van der Waals surface area contributed by atoms with Gasteiger partial charge in [-0.1, -0.05) is 26.0 Å². The zero-order chi connectivity index (χ0) is 23.1. The van der Waals surface area contributed by atoms with E-state index in [9.17, 15) is 29.4 Å². The molecule has 0 saturated carbocycles. The Hall–Kier alpha value is -3.14. The molecule has 0 radical (unpaired) electrons. The number of aromatic hydroxyl groups is 1. The minimum absolute atomic E-state index is 0.0235. The third-order valence-corrected chi connectivity index (χ3v) is 5.02. The Balaban J connectivity index is 2.24. The van der Waals surface area contributed by atoms with E-state index in [0.717, 1.165) is 0 Å². The fourth-order valence-electron chi connectivity index (χ4n) is 3.45. The first-order valence-corrected chi connectivity index (χ1v) is 10.2. The van der Waals surface area contributed by atoms with Crippen LogP contribution in [0.2, 0.25) is 0 Å². The van der Waals surface area contributed by atoms with Gasteiger partial charge in [0.25, 0.3) is 5.91 Å². The Morgan fingerprint density at radius 2 is 1.94 bits per heavy atom. The summed E-state index contributed by atoms with van der Waals surface area (Å²) in [5, 5.41) is 25.5. The first-order chi connectivity index (χ1) is 14.6. The third-order valence-electron chi connectivity index (χ3n) is 5.02. The molecule has 0 bridgehead atoms. The van der Waals surface area contributed by atoms with Gasteiger partial charge in [0.2, 0.25) is 11.8 Å². The molecule has 1 fully saturated rings. The van der Waals surface area contributed by atoms with Crippen molar-refractivity contribution in [2.75, 3.05) is 6.54 Å². The normalized spacial score (nSPS) is 18.2. The fourth-order valence-corrected chi connectivity index (χ4v) is 3.45. The van der Waals surface area contributed by atoms with Gasteiger partial charge < -0.3 is 20.8 Å². The molecule has 1 aliphatic rings. The van der Waals surface area contributed by atoms with E-state index in [4.69, 9.17) is 0 Å². The Morgan fingerprint density at radius 3 is 2.52 bits per heavy atom. The van der Waals surface area contributed by atoms with Crippen LogP contribution in [0.1, 0.15) is 39.2 Å². The molecule has 3 atom stereocenters. The van der Waals surface area contributed by atoms with E-state index in [1.807, 2.05) is 0 Å². The lowest BCUT2D eigenvalue weighted by Gasteiger charge is -2.35. The zero-order valence-electron chi connectivity index (χ0n) is 17.9. The lowest BCUT2D eigenvalue weighted by molar-refractivity contribution is -0.148. The predicted molar refractivity (Wildman–Crippen MR) is 112 cm³/mol. The number of phenols is 1. The number of nitrogens with zero attached hydrogens (tertiary/aromatic N) is 1. The minimum Gasteiger partial charge on any atom is -0.508 e. The van der Waals surface area contributed by atoms with Crippen LogP contribution < -0.4 is 16.1 Å². The summed E-state index contributed by atoms with van der Waals surface area (Å²) in [6.07, 6.45) is 0.976. The van der Waals surface area contributed by atoms with Gasteiger partial charge >= 0.3 is 5.97 Å². The highest BCUT2D eigenvalue weighted by molar-refractivity contribution is 5.92. The van der Waals surface area contributed by atoms with Crippen molar-refractivity contribution in [3.05, 3.63) is 29.8 Å². The molecule has 0 unspecified atom stereocenters. The Bertz CT molecular complexity index is 828. The number of amides is 3. The van der Waals surface area contributed by atoms with Crippen LogP contribution in [0.15, 0.2) is 24.3 Å². The first-order valence-electron chi connectivity index (χ1n) is 10.2. The molecule has 1 aromatic carbocycles. The SMILES string of the molecule is CC(=O)N[C@H](C(=O)N[C@@H](Cc1cccc(O)c1)C(=O)N1CCC[C@@H](C(=O)O)N1)C(C)C. The van der Waals surface area contributed by atoms with E-state index in [-0.39, 0.29) is 24.0 Å². The highest BCUT2D eigenvalue weighted by atomic mass is 16.4. The smallest absolute Gasteiger partial charge is 0.322 e. The highest BCUT2D eigenvalue weighted by Gasteiger charge is 2.34. The van der Waals surface area contributed by atoms with E-state index in [1.165, 1.54) is 24.1 Å². The van der Waals surface area contributed by atoms with Gasteiger partial charge in [-0.3, -0.25) is 24.2 Å². The minimum atomic E-state index is -1.06. The predicted octanol–water partition coefficient (Wildman–Crippen LogP) is 0.160. The van der Waals surface area contributed by atoms with Crippen LogP contribution in [0.5, 0.6) is 5.75 Å². The standard InChI is InChI=1S/C21H30N4O6/c1-12(2)18(22-13(3)26)19(28)23-17(11-14-6-4-7-15(27)10-14)20(29)25-9-5-8-16(24-25)21(30)31/h4,6-7,10,12,16-18,24,27H,5,8-9,11H2,1-3H3,(H,22,26)(H,23,28)(H,30,31)/t16-,17-,18-/m0/s1. The fraction of sp³-hybridized carbons (Fsp3) is 0.524. The summed E-state index contributed by atoms with van der Waals surface area (Å²) in [4.78, 5) is 48.9. The lowest BCUT2D eigenvalue weighted by atomic mass is 10.0. The average Bonchev–Trinajstić information content (AvgIpc) is 2.70. The molecule has 0 spiro atoms. The van der Waals surface area contributed by atoms with Crippen molar-refractivity contribution in [2.45, 2.75) is 58.2 Å². The molecular weight excluding hydrogens is 404 g/mol. The molecule has 10 heteroatoms. The number of rotatable bonds is 8. The van der Waals surface area contributed by atoms with E-state index in [1.54, 1.807) is 26.0 Å². The van der Waals surface area contributed by atoms with E-state index >= 15 is 0 Å². The number of carboxylic acids is 1. The van der Waals surface area contributed by atoms with Crippen molar-refractivity contribution >= 4 is 23.7 Å². The van der Waals surface area contributed by atoms with Gasteiger partial charge in [-0.2, -0.15) is 0 Å². The summed E-state index contributed by atoms with van der Waals surface area (Å²) in [7, 11) is 0. The second-order valence-electron chi connectivity index (χ2n) is 8.01. The van der Waals surface area contributed by atoms with Gasteiger partial charge in [0.15, 0.2) is 0 Å². The number of nitrogens with one attached hydrogen (secondary N) is 3. The quantitative estimate of drug-likeness (QED) is 0.391. The zero-order valence-corrected chi connectivity index (χ0v) is 17.9. The van der Waals surface area contributed by atoms with Crippen molar-refractivity contribution in [2.24, 2.45) is 5.92 Å². The summed E-state index contributed by atoms with van der Waals surface area (Å²) >= 11 is 0. The molecule has 170 valence electrons. The van der Waals surface area contributed by atoms with E-state index in [2.05, 4.69) is 16.1 Å². The van der Waals surface area contributed by atoms with Crippen LogP contribution in [0.3, 0.4) is 0 Å². The Kier molecular flexibility index (Phi) is 8.38. The molecule has 1 heterocycles.